The first-order valence-corrected chi connectivity index (χ1v) is 9.51. The van der Waals surface area contributed by atoms with Crippen molar-refractivity contribution in [3.8, 4) is 16.9 Å². The Morgan fingerprint density at radius 2 is 1.50 bits per heavy atom. The summed E-state index contributed by atoms with van der Waals surface area (Å²) in [6, 6.07) is 25.3. The van der Waals surface area contributed by atoms with Crippen LogP contribution in [-0.2, 0) is 11.2 Å². The van der Waals surface area contributed by atoms with Gasteiger partial charge >= 0.3 is 0 Å². The molecule has 0 aliphatic carbocycles. The second kappa shape index (κ2) is 7.79. The number of carbonyl (C=O) groups excluding carboxylic acids is 1. The number of hydrogen-bond acceptors (Lipinski definition) is 3. The number of phenolic OH excluding ortho intramolecular Hbond substituents is 1. The first kappa shape index (κ1) is 18.1. The van der Waals surface area contributed by atoms with Crippen LogP contribution < -0.4 is 5.32 Å². The molecule has 0 radical (unpaired) electrons. The Kier molecular flexibility index (Phi) is 5.04. The van der Waals surface area contributed by atoms with Gasteiger partial charge in [0.15, 0.2) is 0 Å². The Balaban J connectivity index is 1.77. The number of aromatic hydroxyl groups is 1. The Morgan fingerprint density at radius 1 is 0.857 bits per heavy atom. The van der Waals surface area contributed by atoms with Crippen LogP contribution in [0.2, 0.25) is 0 Å². The van der Waals surface area contributed by atoms with Crippen molar-refractivity contribution in [2.45, 2.75) is 12.8 Å². The zero-order chi connectivity index (χ0) is 19.5. The van der Waals surface area contributed by atoms with Gasteiger partial charge in [-0.2, -0.15) is 0 Å². The molecular weight excluding hydrogens is 366 g/mol. The first-order chi connectivity index (χ1) is 13.6. The average molecular weight is 385 g/mol. The van der Waals surface area contributed by atoms with Crippen molar-refractivity contribution < 1.29 is 9.90 Å². The topological polar surface area (TPSA) is 49.3 Å². The number of nitrogens with one attached hydrogen (secondary N) is 1. The monoisotopic (exact) mass is 385 g/mol. The summed E-state index contributed by atoms with van der Waals surface area (Å²) in [4.78, 5) is 13.2. The van der Waals surface area contributed by atoms with Crippen LogP contribution in [0.3, 0.4) is 0 Å². The quantitative estimate of drug-likeness (QED) is 0.628. The van der Waals surface area contributed by atoms with Crippen LogP contribution in [0.1, 0.15) is 17.5 Å². The maximum absolute atomic E-state index is 12.7. The number of benzene rings is 3. The smallest absolute Gasteiger partial charge is 0.252 e. The lowest BCUT2D eigenvalue weighted by Gasteiger charge is -2.22. The maximum Gasteiger partial charge on any atom is 0.252 e. The van der Waals surface area contributed by atoms with Crippen molar-refractivity contribution in [2.24, 2.45) is 0 Å². The number of thiocarbonyl (C=S) groups is 1. The normalized spacial score (nSPS) is 14.1. The van der Waals surface area contributed by atoms with Gasteiger partial charge in [0.05, 0.1) is 4.99 Å². The fourth-order valence-corrected chi connectivity index (χ4v) is 3.72. The van der Waals surface area contributed by atoms with Gasteiger partial charge < -0.3 is 10.4 Å². The third-order valence-corrected chi connectivity index (χ3v) is 5.15. The summed E-state index contributed by atoms with van der Waals surface area (Å²) in [7, 11) is 0. The molecule has 0 unspecified atom stereocenters. The van der Waals surface area contributed by atoms with Gasteiger partial charge in [0, 0.05) is 18.4 Å². The van der Waals surface area contributed by atoms with Crippen LogP contribution >= 0.6 is 12.2 Å². The van der Waals surface area contributed by atoms with Gasteiger partial charge in [0.25, 0.3) is 5.91 Å². The Labute approximate surface area is 169 Å². The molecule has 138 valence electrons. The van der Waals surface area contributed by atoms with Crippen molar-refractivity contribution in [3.05, 3.63) is 95.6 Å². The van der Waals surface area contributed by atoms with E-state index in [4.69, 9.17) is 12.2 Å². The predicted molar refractivity (Wildman–Crippen MR) is 116 cm³/mol. The molecule has 3 aromatic rings. The van der Waals surface area contributed by atoms with Crippen molar-refractivity contribution in [2.75, 3.05) is 0 Å². The summed E-state index contributed by atoms with van der Waals surface area (Å²) < 4.78 is 0. The Bertz CT molecular complexity index is 1070. The number of hydrogen-bond donors (Lipinski definition) is 2. The maximum atomic E-state index is 12.7. The number of rotatable bonds is 4. The highest BCUT2D eigenvalue weighted by Crippen LogP contribution is 2.32. The van der Waals surface area contributed by atoms with E-state index >= 15 is 0 Å². The van der Waals surface area contributed by atoms with Gasteiger partial charge in [0.1, 0.15) is 5.75 Å². The second-order valence-corrected chi connectivity index (χ2v) is 7.26. The molecule has 4 heteroatoms. The van der Waals surface area contributed by atoms with Gasteiger partial charge in [0.2, 0.25) is 0 Å². The van der Waals surface area contributed by atoms with Gasteiger partial charge in [-0.25, -0.2) is 0 Å². The summed E-state index contributed by atoms with van der Waals surface area (Å²) in [5.41, 5.74) is 5.32. The minimum absolute atomic E-state index is 0.181. The molecule has 0 fully saturated rings. The first-order valence-electron chi connectivity index (χ1n) is 9.11. The minimum Gasteiger partial charge on any atom is -0.508 e. The largest absolute Gasteiger partial charge is 0.508 e. The van der Waals surface area contributed by atoms with Crippen molar-refractivity contribution in [3.63, 3.8) is 0 Å². The summed E-state index contributed by atoms with van der Waals surface area (Å²) in [6.07, 6.45) is 0.852. The molecule has 1 amide bonds. The van der Waals surface area contributed by atoms with E-state index in [0.717, 1.165) is 22.3 Å². The SMILES string of the molecule is O=C1NC(=S)CC(c2ccccc2)=C1Cc1cc(-c2ccccc2)ccc1O. The molecule has 4 rings (SSSR count). The molecule has 0 bridgehead atoms. The molecule has 3 nitrogen and oxygen atoms in total. The molecule has 1 aliphatic rings. The second-order valence-electron chi connectivity index (χ2n) is 6.76. The lowest BCUT2D eigenvalue weighted by molar-refractivity contribution is -0.116. The van der Waals surface area contributed by atoms with Gasteiger partial charge in [-0.1, -0.05) is 78.9 Å². The highest BCUT2D eigenvalue weighted by Gasteiger charge is 2.25. The number of phenols is 1. The van der Waals surface area contributed by atoms with E-state index in [0.29, 0.717) is 29.0 Å². The van der Waals surface area contributed by atoms with Crippen LogP contribution in [0, 0.1) is 0 Å². The van der Waals surface area contributed by atoms with E-state index in [2.05, 4.69) is 5.32 Å². The van der Waals surface area contributed by atoms with E-state index in [-0.39, 0.29) is 11.7 Å². The van der Waals surface area contributed by atoms with Crippen molar-refractivity contribution >= 4 is 28.7 Å². The van der Waals surface area contributed by atoms with Crippen LogP contribution in [0.5, 0.6) is 5.75 Å². The van der Waals surface area contributed by atoms with E-state index in [9.17, 15) is 9.90 Å². The molecule has 28 heavy (non-hydrogen) atoms. The molecule has 0 aromatic heterocycles. The molecule has 0 saturated carbocycles. The van der Waals surface area contributed by atoms with Crippen LogP contribution in [0.4, 0.5) is 0 Å². The molecular formula is C24H19NO2S. The average Bonchev–Trinajstić information content (AvgIpc) is 2.72. The van der Waals surface area contributed by atoms with Gasteiger partial charge in [-0.05, 0) is 40.0 Å². The van der Waals surface area contributed by atoms with E-state index in [1.807, 2.05) is 72.8 Å². The Hall–Kier alpha value is -3.24. The number of amides is 1. The van der Waals surface area contributed by atoms with Crippen molar-refractivity contribution in [1.82, 2.24) is 5.32 Å². The zero-order valence-corrected chi connectivity index (χ0v) is 16.0. The van der Waals surface area contributed by atoms with Gasteiger partial charge in [-0.3, -0.25) is 4.79 Å². The zero-order valence-electron chi connectivity index (χ0n) is 15.2. The molecule has 0 spiro atoms. The summed E-state index contributed by atoms with van der Waals surface area (Å²) in [5, 5.41) is 13.2. The molecule has 2 N–H and O–H groups in total. The molecule has 0 atom stereocenters. The lowest BCUT2D eigenvalue weighted by Crippen LogP contribution is -2.35. The van der Waals surface area contributed by atoms with E-state index in [1.54, 1.807) is 6.07 Å². The van der Waals surface area contributed by atoms with Gasteiger partial charge in [-0.15, -0.1) is 0 Å². The molecule has 1 aliphatic heterocycles. The molecule has 3 aromatic carbocycles. The molecule has 1 heterocycles. The van der Waals surface area contributed by atoms with Crippen LogP contribution in [0.25, 0.3) is 16.7 Å². The fourth-order valence-electron chi connectivity index (χ4n) is 3.48. The van der Waals surface area contributed by atoms with Crippen LogP contribution in [0.15, 0.2) is 84.4 Å². The summed E-state index contributed by atoms with van der Waals surface area (Å²) in [6.45, 7) is 0. The third-order valence-electron chi connectivity index (χ3n) is 4.90. The van der Waals surface area contributed by atoms with Crippen LogP contribution in [-0.4, -0.2) is 16.0 Å². The standard InChI is InChI=1S/C24H19NO2S/c26-22-12-11-18(16-7-3-1-4-8-16)13-19(22)14-21-20(15-23(28)25-24(21)27)17-9-5-2-6-10-17/h1-13,26H,14-15H2,(H,25,27,28). The molecule has 0 saturated heterocycles. The third kappa shape index (κ3) is 3.73. The number of carbonyl (C=O) groups is 1. The summed E-state index contributed by atoms with van der Waals surface area (Å²) in [5.74, 6) is -0.0137. The van der Waals surface area contributed by atoms with E-state index < -0.39 is 0 Å². The van der Waals surface area contributed by atoms with E-state index in [1.165, 1.54) is 0 Å². The van der Waals surface area contributed by atoms with Crippen molar-refractivity contribution in [1.29, 1.82) is 0 Å². The Morgan fingerprint density at radius 3 is 2.18 bits per heavy atom. The minimum atomic E-state index is -0.195. The lowest BCUT2D eigenvalue weighted by atomic mass is 9.89. The predicted octanol–water partition coefficient (Wildman–Crippen LogP) is 4.90. The summed E-state index contributed by atoms with van der Waals surface area (Å²) >= 11 is 5.27. The highest BCUT2D eigenvalue weighted by molar-refractivity contribution is 7.80. The fraction of sp³-hybridized carbons (Fsp3) is 0.0833. The highest BCUT2D eigenvalue weighted by atomic mass is 32.1.